The van der Waals surface area contributed by atoms with E-state index < -0.39 is 0 Å². The number of hydrogen-bond donors (Lipinski definition) is 1. The molecular weight excluding hydrogens is 328 g/mol. The van der Waals surface area contributed by atoms with E-state index >= 15 is 0 Å². The fourth-order valence-corrected chi connectivity index (χ4v) is 3.66. The second-order valence-corrected chi connectivity index (χ2v) is 7.17. The molecule has 0 aliphatic carbocycles. The van der Waals surface area contributed by atoms with Crippen LogP contribution in [0.5, 0.6) is 0 Å². The van der Waals surface area contributed by atoms with Gasteiger partial charge >= 0.3 is 0 Å². The van der Waals surface area contributed by atoms with E-state index in [1.807, 2.05) is 18.7 Å². The van der Waals surface area contributed by atoms with Crippen molar-refractivity contribution in [1.82, 2.24) is 14.5 Å². The van der Waals surface area contributed by atoms with E-state index in [0.717, 1.165) is 36.3 Å². The molecule has 1 aromatic heterocycles. The Morgan fingerprint density at radius 3 is 2.88 bits per heavy atom. The molecule has 0 spiro atoms. The van der Waals surface area contributed by atoms with Crippen LogP contribution in [0, 0.1) is 13.8 Å². The monoisotopic (exact) mass is 354 g/mol. The molecule has 138 valence electrons. The van der Waals surface area contributed by atoms with Crippen LogP contribution in [0.25, 0.3) is 0 Å². The van der Waals surface area contributed by atoms with Gasteiger partial charge in [-0.05, 0) is 37.8 Å². The largest absolute Gasteiger partial charge is 0.368 e. The summed E-state index contributed by atoms with van der Waals surface area (Å²) in [5.74, 6) is 0.744. The lowest BCUT2D eigenvalue weighted by Gasteiger charge is -2.33. The van der Waals surface area contributed by atoms with Gasteiger partial charge in [0.1, 0.15) is 12.4 Å². The van der Waals surface area contributed by atoms with Crippen molar-refractivity contribution in [2.24, 2.45) is 5.73 Å². The third kappa shape index (κ3) is 4.12. The van der Waals surface area contributed by atoms with Crippen molar-refractivity contribution in [3.8, 4) is 0 Å². The summed E-state index contributed by atoms with van der Waals surface area (Å²) in [4.78, 5) is 30.4. The minimum atomic E-state index is -0.386. The van der Waals surface area contributed by atoms with Crippen LogP contribution in [0.15, 0.2) is 30.6 Å². The minimum absolute atomic E-state index is 0.127. The molecule has 0 bridgehead atoms. The van der Waals surface area contributed by atoms with Crippen LogP contribution in [0.1, 0.15) is 41.3 Å². The van der Waals surface area contributed by atoms with E-state index in [1.54, 1.807) is 17.0 Å². The van der Waals surface area contributed by atoms with Crippen LogP contribution in [0.3, 0.4) is 0 Å². The van der Waals surface area contributed by atoms with Gasteiger partial charge in [0.25, 0.3) is 0 Å². The Morgan fingerprint density at radius 2 is 2.12 bits per heavy atom. The highest BCUT2D eigenvalue weighted by Gasteiger charge is 2.27. The number of benzene rings is 1. The molecule has 6 heteroatoms. The molecule has 2 heterocycles. The Labute approximate surface area is 154 Å². The molecule has 26 heavy (non-hydrogen) atoms. The number of likely N-dealkylation sites (tertiary alicyclic amines) is 1. The summed E-state index contributed by atoms with van der Waals surface area (Å²) in [6.45, 7) is 5.63. The maximum Gasteiger partial charge on any atom is 0.237 e. The average molecular weight is 354 g/mol. The van der Waals surface area contributed by atoms with Crippen molar-refractivity contribution in [3.63, 3.8) is 0 Å². The zero-order valence-electron chi connectivity index (χ0n) is 15.4. The molecule has 6 nitrogen and oxygen atoms in total. The topological polar surface area (TPSA) is 81.2 Å². The second-order valence-electron chi connectivity index (χ2n) is 7.17. The summed E-state index contributed by atoms with van der Waals surface area (Å²) in [7, 11) is 0. The van der Waals surface area contributed by atoms with Crippen molar-refractivity contribution in [2.45, 2.75) is 45.6 Å². The number of aromatic nitrogens is 2. The van der Waals surface area contributed by atoms with Crippen LogP contribution in [0.4, 0.5) is 0 Å². The number of aryl methyl sites for hydroxylation is 2. The van der Waals surface area contributed by atoms with Crippen molar-refractivity contribution in [1.29, 1.82) is 0 Å². The van der Waals surface area contributed by atoms with Crippen LogP contribution in [-0.2, 0) is 22.6 Å². The predicted octanol–water partition coefficient (Wildman–Crippen LogP) is 1.93. The number of amides is 2. The first-order chi connectivity index (χ1) is 12.4. The minimum Gasteiger partial charge on any atom is -0.368 e. The van der Waals surface area contributed by atoms with Gasteiger partial charge in [-0.3, -0.25) is 9.59 Å². The molecule has 0 radical (unpaired) electrons. The molecule has 1 aromatic carbocycles. The number of rotatable bonds is 5. The summed E-state index contributed by atoms with van der Waals surface area (Å²) >= 11 is 0. The number of carbonyl (C=O) groups excluding carboxylic acids is 2. The lowest BCUT2D eigenvalue weighted by atomic mass is 9.96. The molecule has 2 aromatic rings. The van der Waals surface area contributed by atoms with Gasteiger partial charge in [0.2, 0.25) is 11.8 Å². The number of nitrogens with zero attached hydrogens (tertiary/aromatic N) is 3. The number of imidazole rings is 1. The van der Waals surface area contributed by atoms with Gasteiger partial charge in [0.05, 0.1) is 6.42 Å². The second kappa shape index (κ2) is 7.72. The van der Waals surface area contributed by atoms with Gasteiger partial charge in [-0.25, -0.2) is 4.98 Å². The predicted molar refractivity (Wildman–Crippen MR) is 99.6 cm³/mol. The van der Waals surface area contributed by atoms with Gasteiger partial charge < -0.3 is 15.2 Å². The summed E-state index contributed by atoms with van der Waals surface area (Å²) in [6.07, 6.45) is 5.79. The van der Waals surface area contributed by atoms with E-state index in [9.17, 15) is 9.59 Å². The SMILES string of the molecule is Cc1ccc(C)c(CC(=O)N2CCC[C@@H](c3nccn3CC(N)=O)C2)c1. The Kier molecular flexibility index (Phi) is 5.40. The molecule has 1 fully saturated rings. The van der Waals surface area contributed by atoms with E-state index in [4.69, 9.17) is 5.73 Å². The zero-order valence-corrected chi connectivity index (χ0v) is 15.4. The molecule has 3 rings (SSSR count). The van der Waals surface area contributed by atoms with E-state index in [-0.39, 0.29) is 24.3 Å². The third-order valence-electron chi connectivity index (χ3n) is 5.06. The number of piperidine rings is 1. The number of carbonyl (C=O) groups is 2. The first-order valence-corrected chi connectivity index (χ1v) is 9.07. The molecule has 2 N–H and O–H groups in total. The molecule has 0 unspecified atom stereocenters. The Hall–Kier alpha value is -2.63. The molecule has 1 saturated heterocycles. The molecule has 2 amide bonds. The van der Waals surface area contributed by atoms with Gasteiger partial charge in [-0.1, -0.05) is 23.8 Å². The van der Waals surface area contributed by atoms with E-state index in [2.05, 4.69) is 23.2 Å². The number of primary amides is 1. The smallest absolute Gasteiger partial charge is 0.237 e. The highest BCUT2D eigenvalue weighted by Crippen LogP contribution is 2.26. The van der Waals surface area contributed by atoms with Crippen molar-refractivity contribution >= 4 is 11.8 Å². The van der Waals surface area contributed by atoms with Gasteiger partial charge in [-0.15, -0.1) is 0 Å². The van der Waals surface area contributed by atoms with Crippen molar-refractivity contribution < 1.29 is 9.59 Å². The third-order valence-corrected chi connectivity index (χ3v) is 5.06. The van der Waals surface area contributed by atoms with Crippen LogP contribution in [-0.4, -0.2) is 39.4 Å². The normalized spacial score (nSPS) is 17.3. The summed E-state index contributed by atoms with van der Waals surface area (Å²) in [5.41, 5.74) is 8.73. The fourth-order valence-electron chi connectivity index (χ4n) is 3.66. The highest BCUT2D eigenvalue weighted by molar-refractivity contribution is 5.79. The Morgan fingerprint density at radius 1 is 1.31 bits per heavy atom. The molecule has 0 saturated carbocycles. The lowest BCUT2D eigenvalue weighted by Crippen LogP contribution is -2.40. The number of hydrogen-bond acceptors (Lipinski definition) is 3. The molecule has 1 aliphatic rings. The maximum absolute atomic E-state index is 12.8. The van der Waals surface area contributed by atoms with Crippen LogP contribution < -0.4 is 5.73 Å². The maximum atomic E-state index is 12.8. The fraction of sp³-hybridized carbons (Fsp3) is 0.450. The number of nitrogens with two attached hydrogens (primary N) is 1. The standard InChI is InChI=1S/C20H26N4O2/c1-14-5-6-15(2)17(10-14)11-19(26)23-8-3-4-16(12-23)20-22-7-9-24(20)13-18(21)25/h5-7,9-10,16H,3-4,8,11-13H2,1-2H3,(H2,21,25)/t16-/m1/s1. The van der Waals surface area contributed by atoms with Gasteiger partial charge in [0.15, 0.2) is 0 Å². The Balaban J connectivity index is 1.70. The van der Waals surface area contributed by atoms with E-state index in [1.165, 1.54) is 5.56 Å². The van der Waals surface area contributed by atoms with Gasteiger partial charge in [0, 0.05) is 31.4 Å². The summed E-state index contributed by atoms with van der Waals surface area (Å²) in [5, 5.41) is 0. The first kappa shape index (κ1) is 18.2. The van der Waals surface area contributed by atoms with E-state index in [0.29, 0.717) is 13.0 Å². The quantitative estimate of drug-likeness (QED) is 0.891. The molecule has 1 aliphatic heterocycles. The molecular formula is C20H26N4O2. The zero-order chi connectivity index (χ0) is 18.7. The summed E-state index contributed by atoms with van der Waals surface area (Å²) < 4.78 is 1.80. The van der Waals surface area contributed by atoms with Crippen LogP contribution >= 0.6 is 0 Å². The average Bonchev–Trinajstić information content (AvgIpc) is 3.05. The van der Waals surface area contributed by atoms with Gasteiger partial charge in [-0.2, -0.15) is 0 Å². The lowest BCUT2D eigenvalue weighted by molar-refractivity contribution is -0.131. The Bertz CT molecular complexity index is 812. The first-order valence-electron chi connectivity index (χ1n) is 9.07. The van der Waals surface area contributed by atoms with Crippen LogP contribution in [0.2, 0.25) is 0 Å². The van der Waals surface area contributed by atoms with Crippen molar-refractivity contribution in [3.05, 3.63) is 53.1 Å². The van der Waals surface area contributed by atoms with Crippen molar-refractivity contribution in [2.75, 3.05) is 13.1 Å². The molecule has 1 atom stereocenters. The highest BCUT2D eigenvalue weighted by atomic mass is 16.2. The summed E-state index contributed by atoms with van der Waals surface area (Å²) in [6, 6.07) is 6.23.